The molecular weight excluding hydrogens is 200 g/mol. The van der Waals surface area contributed by atoms with E-state index in [-0.39, 0.29) is 5.92 Å². The van der Waals surface area contributed by atoms with E-state index >= 15 is 0 Å². The second kappa shape index (κ2) is 5.81. The van der Waals surface area contributed by atoms with Gasteiger partial charge in [-0.05, 0) is 37.5 Å². The lowest BCUT2D eigenvalue weighted by atomic mass is 9.68. The highest BCUT2D eigenvalue weighted by atomic mass is 16.5. The molecule has 0 spiro atoms. The van der Waals surface area contributed by atoms with E-state index in [2.05, 4.69) is 20.8 Å². The van der Waals surface area contributed by atoms with Crippen molar-refractivity contribution in [3.63, 3.8) is 0 Å². The molecule has 94 valence electrons. The molecule has 0 aliphatic heterocycles. The molecule has 1 aliphatic carbocycles. The van der Waals surface area contributed by atoms with E-state index in [1.165, 1.54) is 0 Å². The second-order valence-corrected chi connectivity index (χ2v) is 5.99. The standard InChI is InChI=1S/C14H26O2/c1-5-16-9-8-11-10-12(14(2,3)4)6-7-13(11)15/h11-12H,5-10H2,1-4H3. The predicted octanol–water partition coefficient (Wildman–Crippen LogP) is 3.44. The van der Waals surface area contributed by atoms with Crippen LogP contribution in [0, 0.1) is 17.3 Å². The minimum Gasteiger partial charge on any atom is -0.382 e. The number of hydrogen-bond donors (Lipinski definition) is 0. The lowest BCUT2D eigenvalue weighted by Gasteiger charge is -2.37. The number of ether oxygens (including phenoxy) is 1. The molecule has 16 heavy (non-hydrogen) atoms. The second-order valence-electron chi connectivity index (χ2n) is 5.99. The van der Waals surface area contributed by atoms with Gasteiger partial charge in [0.1, 0.15) is 5.78 Å². The van der Waals surface area contributed by atoms with Gasteiger partial charge in [0.25, 0.3) is 0 Å². The van der Waals surface area contributed by atoms with Gasteiger partial charge in [0, 0.05) is 25.6 Å². The molecule has 0 N–H and O–H groups in total. The number of Topliss-reactive ketones (excluding diaryl/α,β-unsaturated/α-hetero) is 1. The van der Waals surface area contributed by atoms with E-state index in [0.29, 0.717) is 17.1 Å². The topological polar surface area (TPSA) is 26.3 Å². The Hall–Kier alpha value is -0.370. The Morgan fingerprint density at radius 2 is 2.06 bits per heavy atom. The molecule has 2 nitrogen and oxygen atoms in total. The van der Waals surface area contributed by atoms with Gasteiger partial charge in [-0.1, -0.05) is 20.8 Å². The normalized spacial score (nSPS) is 27.1. The van der Waals surface area contributed by atoms with Crippen LogP contribution in [0.4, 0.5) is 0 Å². The van der Waals surface area contributed by atoms with Crippen LogP contribution in [0.25, 0.3) is 0 Å². The maximum Gasteiger partial charge on any atom is 0.136 e. The first-order valence-corrected chi connectivity index (χ1v) is 6.55. The summed E-state index contributed by atoms with van der Waals surface area (Å²) in [7, 11) is 0. The first-order chi connectivity index (χ1) is 7.45. The summed E-state index contributed by atoms with van der Waals surface area (Å²) >= 11 is 0. The third-order valence-electron chi connectivity index (χ3n) is 3.80. The van der Waals surface area contributed by atoms with Crippen molar-refractivity contribution in [2.24, 2.45) is 17.3 Å². The Balaban J connectivity index is 2.45. The Labute approximate surface area is 99.8 Å². The molecule has 1 fully saturated rings. The average Bonchev–Trinajstić information content (AvgIpc) is 2.19. The first-order valence-electron chi connectivity index (χ1n) is 6.55. The van der Waals surface area contributed by atoms with E-state index in [1.807, 2.05) is 6.92 Å². The molecule has 1 rings (SSSR count). The van der Waals surface area contributed by atoms with Crippen molar-refractivity contribution in [3.05, 3.63) is 0 Å². The Bertz CT molecular complexity index is 227. The van der Waals surface area contributed by atoms with Crippen LogP contribution in [0.3, 0.4) is 0 Å². The molecule has 1 aliphatic rings. The summed E-state index contributed by atoms with van der Waals surface area (Å²) < 4.78 is 5.35. The van der Waals surface area contributed by atoms with Gasteiger partial charge in [0.2, 0.25) is 0 Å². The van der Waals surface area contributed by atoms with Crippen molar-refractivity contribution >= 4 is 5.78 Å². The van der Waals surface area contributed by atoms with Crippen LogP contribution >= 0.6 is 0 Å². The quantitative estimate of drug-likeness (QED) is 0.686. The first kappa shape index (κ1) is 13.7. The molecule has 0 aromatic rings. The van der Waals surface area contributed by atoms with Crippen molar-refractivity contribution in [2.45, 2.75) is 53.4 Å². The van der Waals surface area contributed by atoms with Gasteiger partial charge in [0.15, 0.2) is 0 Å². The largest absolute Gasteiger partial charge is 0.382 e. The minimum absolute atomic E-state index is 0.254. The molecule has 0 bridgehead atoms. The molecule has 2 heteroatoms. The summed E-state index contributed by atoms with van der Waals surface area (Å²) in [6.45, 7) is 10.3. The number of carbonyl (C=O) groups excluding carboxylic acids is 1. The zero-order chi connectivity index (χ0) is 12.2. The molecular formula is C14H26O2. The maximum absolute atomic E-state index is 11.8. The van der Waals surface area contributed by atoms with E-state index in [0.717, 1.165) is 38.9 Å². The number of ketones is 1. The molecule has 1 saturated carbocycles. The van der Waals surface area contributed by atoms with Crippen LogP contribution < -0.4 is 0 Å². The van der Waals surface area contributed by atoms with Gasteiger partial charge in [-0.2, -0.15) is 0 Å². The van der Waals surface area contributed by atoms with Crippen LogP contribution in [-0.2, 0) is 9.53 Å². The van der Waals surface area contributed by atoms with Crippen LogP contribution in [-0.4, -0.2) is 19.0 Å². The maximum atomic E-state index is 11.8. The summed E-state index contributed by atoms with van der Waals surface area (Å²) in [5.41, 5.74) is 0.338. The summed E-state index contributed by atoms with van der Waals surface area (Å²) in [4.78, 5) is 11.8. The lowest BCUT2D eigenvalue weighted by Crippen LogP contribution is -2.32. The Kier molecular flexibility index (Phi) is 4.97. The van der Waals surface area contributed by atoms with Gasteiger partial charge in [-0.15, -0.1) is 0 Å². The van der Waals surface area contributed by atoms with Crippen molar-refractivity contribution in [1.29, 1.82) is 0 Å². The Morgan fingerprint density at radius 1 is 1.38 bits per heavy atom. The lowest BCUT2D eigenvalue weighted by molar-refractivity contribution is -0.127. The fourth-order valence-electron chi connectivity index (χ4n) is 2.55. The van der Waals surface area contributed by atoms with Gasteiger partial charge in [0.05, 0.1) is 0 Å². The number of rotatable bonds is 4. The predicted molar refractivity (Wildman–Crippen MR) is 66.4 cm³/mol. The summed E-state index contributed by atoms with van der Waals surface area (Å²) in [5.74, 6) is 1.40. The van der Waals surface area contributed by atoms with E-state index in [9.17, 15) is 4.79 Å². The summed E-state index contributed by atoms with van der Waals surface area (Å²) in [6.07, 6.45) is 3.83. The van der Waals surface area contributed by atoms with Gasteiger partial charge in [-0.25, -0.2) is 0 Å². The van der Waals surface area contributed by atoms with Crippen LogP contribution in [0.15, 0.2) is 0 Å². The fourth-order valence-corrected chi connectivity index (χ4v) is 2.55. The Morgan fingerprint density at radius 3 is 2.62 bits per heavy atom. The van der Waals surface area contributed by atoms with Gasteiger partial charge >= 0.3 is 0 Å². The van der Waals surface area contributed by atoms with Crippen LogP contribution in [0.1, 0.15) is 53.4 Å². The highest BCUT2D eigenvalue weighted by Crippen LogP contribution is 2.39. The van der Waals surface area contributed by atoms with Crippen LogP contribution in [0.5, 0.6) is 0 Å². The summed E-state index contributed by atoms with van der Waals surface area (Å²) in [5, 5.41) is 0. The fraction of sp³-hybridized carbons (Fsp3) is 0.929. The van der Waals surface area contributed by atoms with Crippen molar-refractivity contribution in [3.8, 4) is 0 Å². The SMILES string of the molecule is CCOCCC1CC(C(C)(C)C)CCC1=O. The molecule has 0 aromatic carbocycles. The zero-order valence-corrected chi connectivity index (χ0v) is 11.2. The zero-order valence-electron chi connectivity index (χ0n) is 11.2. The van der Waals surface area contributed by atoms with Gasteiger partial charge in [-0.3, -0.25) is 4.79 Å². The monoisotopic (exact) mass is 226 g/mol. The van der Waals surface area contributed by atoms with Crippen molar-refractivity contribution in [2.75, 3.05) is 13.2 Å². The van der Waals surface area contributed by atoms with Gasteiger partial charge < -0.3 is 4.74 Å². The third-order valence-corrected chi connectivity index (χ3v) is 3.80. The molecule has 0 amide bonds. The average molecular weight is 226 g/mol. The third kappa shape index (κ3) is 3.89. The smallest absolute Gasteiger partial charge is 0.136 e. The number of carbonyl (C=O) groups is 1. The molecule has 0 aromatic heterocycles. The molecule has 2 atom stereocenters. The van der Waals surface area contributed by atoms with E-state index in [4.69, 9.17) is 4.74 Å². The number of hydrogen-bond acceptors (Lipinski definition) is 2. The minimum atomic E-state index is 0.254. The molecule has 0 radical (unpaired) electrons. The van der Waals surface area contributed by atoms with Crippen molar-refractivity contribution < 1.29 is 9.53 Å². The molecule has 2 unspecified atom stereocenters. The summed E-state index contributed by atoms with van der Waals surface area (Å²) in [6, 6.07) is 0. The van der Waals surface area contributed by atoms with Crippen LogP contribution in [0.2, 0.25) is 0 Å². The highest BCUT2D eigenvalue weighted by molar-refractivity contribution is 5.81. The van der Waals surface area contributed by atoms with E-state index in [1.54, 1.807) is 0 Å². The van der Waals surface area contributed by atoms with E-state index < -0.39 is 0 Å². The highest BCUT2D eigenvalue weighted by Gasteiger charge is 2.34. The molecule has 0 heterocycles. The molecule has 0 saturated heterocycles. The van der Waals surface area contributed by atoms with Crippen molar-refractivity contribution in [1.82, 2.24) is 0 Å².